The Balaban J connectivity index is 1.34. The summed E-state index contributed by atoms with van der Waals surface area (Å²) in [5.74, 6) is -0.420. The number of hydrogen-bond acceptors (Lipinski definition) is 6. The maximum absolute atomic E-state index is 12.9. The van der Waals surface area contributed by atoms with E-state index in [1.54, 1.807) is 35.2 Å². The van der Waals surface area contributed by atoms with Gasteiger partial charge < -0.3 is 10.2 Å². The maximum atomic E-state index is 12.9. The standard InChI is InChI=1S/C23H24N4O4S2/c1-16-15-32-23(24-16)25-21(28)17-11-13-27(14-12-17)22(29)18-7-9-20(10-8-18)33(30,31)26-19-5-3-2-4-6-19/h2-10,15,17,26H,11-14H2,1H3,(H,24,25,28). The molecule has 2 amide bonds. The summed E-state index contributed by atoms with van der Waals surface area (Å²) in [5, 5.41) is 5.32. The van der Waals surface area contributed by atoms with Crippen molar-refractivity contribution in [3.63, 3.8) is 0 Å². The Bertz CT molecular complexity index is 1230. The number of rotatable bonds is 6. The molecule has 2 heterocycles. The fraction of sp³-hybridized carbons (Fsp3) is 0.261. The lowest BCUT2D eigenvalue weighted by Crippen LogP contribution is -2.41. The van der Waals surface area contributed by atoms with Crippen molar-refractivity contribution in [3.05, 3.63) is 71.2 Å². The van der Waals surface area contributed by atoms with Crippen LogP contribution >= 0.6 is 11.3 Å². The van der Waals surface area contributed by atoms with Gasteiger partial charge in [-0.15, -0.1) is 11.3 Å². The van der Waals surface area contributed by atoms with Gasteiger partial charge in [0, 0.05) is 35.6 Å². The van der Waals surface area contributed by atoms with Crippen molar-refractivity contribution >= 4 is 44.0 Å². The van der Waals surface area contributed by atoms with Crippen LogP contribution in [0.2, 0.25) is 0 Å². The van der Waals surface area contributed by atoms with E-state index in [4.69, 9.17) is 0 Å². The summed E-state index contributed by atoms with van der Waals surface area (Å²) in [4.78, 5) is 31.4. The van der Waals surface area contributed by atoms with E-state index in [0.717, 1.165) is 5.69 Å². The maximum Gasteiger partial charge on any atom is 0.261 e. The number of likely N-dealkylation sites (tertiary alicyclic amines) is 1. The Labute approximate surface area is 196 Å². The minimum Gasteiger partial charge on any atom is -0.339 e. The number of para-hydroxylation sites is 1. The van der Waals surface area contributed by atoms with Crippen LogP contribution in [0.1, 0.15) is 28.9 Å². The number of nitrogens with one attached hydrogen (secondary N) is 2. The lowest BCUT2D eigenvalue weighted by molar-refractivity contribution is -0.121. The van der Waals surface area contributed by atoms with Crippen LogP contribution in [0.25, 0.3) is 0 Å². The Kier molecular flexibility index (Phi) is 6.75. The fourth-order valence-electron chi connectivity index (χ4n) is 3.64. The molecule has 0 bridgehead atoms. The van der Waals surface area contributed by atoms with Gasteiger partial charge >= 0.3 is 0 Å². The predicted octanol–water partition coefficient (Wildman–Crippen LogP) is 3.74. The quantitative estimate of drug-likeness (QED) is 0.554. The molecule has 2 aromatic carbocycles. The van der Waals surface area contributed by atoms with Gasteiger partial charge in [-0.2, -0.15) is 0 Å². The van der Waals surface area contributed by atoms with Crippen LogP contribution < -0.4 is 10.0 Å². The zero-order valence-electron chi connectivity index (χ0n) is 18.0. The van der Waals surface area contributed by atoms with Crippen LogP contribution in [0.15, 0.2) is 64.9 Å². The van der Waals surface area contributed by atoms with Crippen molar-refractivity contribution in [1.29, 1.82) is 0 Å². The third-order valence-corrected chi connectivity index (χ3v) is 7.71. The first-order chi connectivity index (χ1) is 15.8. The van der Waals surface area contributed by atoms with Gasteiger partial charge in [0.15, 0.2) is 5.13 Å². The number of piperidine rings is 1. The number of hydrogen-bond donors (Lipinski definition) is 2. The largest absolute Gasteiger partial charge is 0.339 e. The molecule has 10 heteroatoms. The van der Waals surface area contributed by atoms with Gasteiger partial charge in [0.25, 0.3) is 15.9 Å². The van der Waals surface area contributed by atoms with Gasteiger partial charge in [-0.3, -0.25) is 14.3 Å². The first kappa shape index (κ1) is 22.9. The van der Waals surface area contributed by atoms with Gasteiger partial charge in [-0.25, -0.2) is 13.4 Å². The summed E-state index contributed by atoms with van der Waals surface area (Å²) >= 11 is 1.39. The topological polar surface area (TPSA) is 108 Å². The van der Waals surface area contributed by atoms with E-state index in [1.165, 1.54) is 35.6 Å². The highest BCUT2D eigenvalue weighted by atomic mass is 32.2. The number of aromatic nitrogens is 1. The highest BCUT2D eigenvalue weighted by Crippen LogP contribution is 2.23. The molecule has 1 aliphatic rings. The second kappa shape index (κ2) is 9.72. The molecule has 1 fully saturated rings. The molecular formula is C23H24N4O4S2. The van der Waals surface area contributed by atoms with E-state index in [9.17, 15) is 18.0 Å². The second-order valence-electron chi connectivity index (χ2n) is 7.85. The third kappa shape index (κ3) is 5.58. The number of nitrogens with zero attached hydrogens (tertiary/aromatic N) is 2. The van der Waals surface area contributed by atoms with E-state index >= 15 is 0 Å². The number of anilines is 2. The number of carbonyl (C=O) groups excluding carboxylic acids is 2. The molecule has 172 valence electrons. The van der Waals surface area contributed by atoms with Crippen LogP contribution in [0.4, 0.5) is 10.8 Å². The summed E-state index contributed by atoms with van der Waals surface area (Å²) < 4.78 is 27.7. The van der Waals surface area contributed by atoms with Crippen molar-refractivity contribution in [2.24, 2.45) is 5.92 Å². The van der Waals surface area contributed by atoms with E-state index in [2.05, 4.69) is 15.0 Å². The molecule has 0 saturated carbocycles. The number of carbonyl (C=O) groups is 2. The molecule has 3 aromatic rings. The SMILES string of the molecule is Cc1csc(NC(=O)C2CCN(C(=O)c3ccc(S(=O)(=O)Nc4ccccc4)cc3)CC2)n1. The molecule has 2 N–H and O–H groups in total. The summed E-state index contributed by atoms with van der Waals surface area (Å²) in [5.41, 5.74) is 1.75. The number of benzene rings is 2. The Morgan fingerprint density at radius 2 is 1.70 bits per heavy atom. The molecule has 8 nitrogen and oxygen atoms in total. The van der Waals surface area contributed by atoms with Gasteiger partial charge in [0.2, 0.25) is 5.91 Å². The van der Waals surface area contributed by atoms with Crippen molar-refractivity contribution in [3.8, 4) is 0 Å². The van der Waals surface area contributed by atoms with E-state index < -0.39 is 10.0 Å². The first-order valence-corrected chi connectivity index (χ1v) is 12.9. The molecule has 1 saturated heterocycles. The van der Waals surface area contributed by atoms with Gasteiger partial charge in [-0.1, -0.05) is 18.2 Å². The van der Waals surface area contributed by atoms with E-state index in [1.807, 2.05) is 12.3 Å². The molecule has 0 spiro atoms. The predicted molar refractivity (Wildman–Crippen MR) is 128 cm³/mol. The summed E-state index contributed by atoms with van der Waals surface area (Å²) in [6.45, 7) is 2.80. The molecule has 1 aromatic heterocycles. The minimum absolute atomic E-state index is 0.0723. The van der Waals surface area contributed by atoms with E-state index in [0.29, 0.717) is 42.3 Å². The fourth-order valence-corrected chi connectivity index (χ4v) is 5.39. The monoisotopic (exact) mass is 484 g/mol. The smallest absolute Gasteiger partial charge is 0.261 e. The molecule has 0 radical (unpaired) electrons. The van der Waals surface area contributed by atoms with Crippen molar-refractivity contribution < 1.29 is 18.0 Å². The van der Waals surface area contributed by atoms with E-state index in [-0.39, 0.29) is 22.6 Å². The Morgan fingerprint density at radius 3 is 2.30 bits per heavy atom. The van der Waals surface area contributed by atoms with Crippen LogP contribution in [-0.2, 0) is 14.8 Å². The normalized spacial score (nSPS) is 14.6. The molecular weight excluding hydrogens is 460 g/mol. The summed E-state index contributed by atoms with van der Waals surface area (Å²) in [7, 11) is -3.75. The van der Waals surface area contributed by atoms with Gasteiger partial charge in [0.05, 0.1) is 10.6 Å². The Hall–Kier alpha value is -3.24. The highest BCUT2D eigenvalue weighted by Gasteiger charge is 2.28. The van der Waals surface area contributed by atoms with Crippen molar-refractivity contribution in [2.45, 2.75) is 24.7 Å². The number of thiazole rings is 1. The molecule has 0 unspecified atom stereocenters. The minimum atomic E-state index is -3.75. The Morgan fingerprint density at radius 1 is 1.03 bits per heavy atom. The first-order valence-electron chi connectivity index (χ1n) is 10.5. The lowest BCUT2D eigenvalue weighted by atomic mass is 9.95. The lowest BCUT2D eigenvalue weighted by Gasteiger charge is -2.31. The highest BCUT2D eigenvalue weighted by molar-refractivity contribution is 7.92. The zero-order valence-corrected chi connectivity index (χ0v) is 19.7. The summed E-state index contributed by atoms with van der Waals surface area (Å²) in [6, 6.07) is 14.5. The van der Waals surface area contributed by atoms with Crippen LogP contribution in [0.3, 0.4) is 0 Å². The molecule has 0 aliphatic carbocycles. The van der Waals surface area contributed by atoms with Crippen molar-refractivity contribution in [2.75, 3.05) is 23.1 Å². The molecule has 33 heavy (non-hydrogen) atoms. The third-order valence-electron chi connectivity index (χ3n) is 5.44. The second-order valence-corrected chi connectivity index (χ2v) is 10.4. The van der Waals surface area contributed by atoms with Crippen LogP contribution in [-0.4, -0.2) is 43.2 Å². The summed E-state index contributed by atoms with van der Waals surface area (Å²) in [6.07, 6.45) is 1.13. The van der Waals surface area contributed by atoms with Gasteiger partial charge in [-0.05, 0) is 56.2 Å². The number of aryl methyl sites for hydroxylation is 1. The van der Waals surface area contributed by atoms with Gasteiger partial charge in [0.1, 0.15) is 0 Å². The number of amides is 2. The molecule has 0 atom stereocenters. The van der Waals surface area contributed by atoms with Crippen LogP contribution in [0.5, 0.6) is 0 Å². The average Bonchev–Trinajstić information content (AvgIpc) is 3.23. The average molecular weight is 485 g/mol. The zero-order chi connectivity index (χ0) is 23.4. The number of sulfonamides is 1. The van der Waals surface area contributed by atoms with Crippen molar-refractivity contribution in [1.82, 2.24) is 9.88 Å². The molecule has 1 aliphatic heterocycles. The molecule has 4 rings (SSSR count). The van der Waals surface area contributed by atoms with Crippen LogP contribution in [0, 0.1) is 12.8 Å².